The van der Waals surface area contributed by atoms with Gasteiger partial charge in [-0.3, -0.25) is 19.3 Å². The Balaban J connectivity index is 1.78. The topological polar surface area (TPSA) is 66.9 Å². The molecule has 1 aliphatic heterocycles. The highest BCUT2D eigenvalue weighted by Gasteiger charge is 2.35. The standard InChI is InChI=1S/C22H24N2O4/c1-4-5-11-24-21(26)18-10-9-16(13-19(18)22(24)27)20(25)23(2)14-15-7-6-8-17(12-15)28-3/h6-10,12-13H,4-5,11,14H2,1-3H3. The van der Waals surface area contributed by atoms with Crippen LogP contribution in [0.25, 0.3) is 0 Å². The molecule has 2 aromatic carbocycles. The van der Waals surface area contributed by atoms with E-state index in [-0.39, 0.29) is 17.7 Å². The van der Waals surface area contributed by atoms with Crippen LogP contribution in [0.4, 0.5) is 0 Å². The van der Waals surface area contributed by atoms with Gasteiger partial charge in [0.15, 0.2) is 0 Å². The fourth-order valence-corrected chi connectivity index (χ4v) is 3.28. The third kappa shape index (κ3) is 3.76. The minimum atomic E-state index is -0.321. The van der Waals surface area contributed by atoms with Crippen molar-refractivity contribution in [2.24, 2.45) is 0 Å². The Morgan fingerprint density at radius 1 is 1.07 bits per heavy atom. The number of hydrogen-bond donors (Lipinski definition) is 0. The predicted molar refractivity (Wildman–Crippen MR) is 106 cm³/mol. The molecule has 3 rings (SSSR count). The highest BCUT2D eigenvalue weighted by atomic mass is 16.5. The zero-order valence-electron chi connectivity index (χ0n) is 16.4. The molecule has 2 aromatic rings. The van der Waals surface area contributed by atoms with E-state index in [2.05, 4.69) is 0 Å². The van der Waals surface area contributed by atoms with Gasteiger partial charge in [0.2, 0.25) is 0 Å². The van der Waals surface area contributed by atoms with Gasteiger partial charge in [-0.05, 0) is 42.3 Å². The molecule has 0 radical (unpaired) electrons. The largest absolute Gasteiger partial charge is 0.497 e. The van der Waals surface area contributed by atoms with Crippen LogP contribution in [0.3, 0.4) is 0 Å². The maximum atomic E-state index is 12.8. The van der Waals surface area contributed by atoms with E-state index < -0.39 is 0 Å². The van der Waals surface area contributed by atoms with Crippen molar-refractivity contribution in [2.75, 3.05) is 20.7 Å². The van der Waals surface area contributed by atoms with Crippen LogP contribution in [0.15, 0.2) is 42.5 Å². The zero-order chi connectivity index (χ0) is 20.3. The van der Waals surface area contributed by atoms with E-state index in [1.54, 1.807) is 31.2 Å². The molecule has 0 aliphatic carbocycles. The van der Waals surface area contributed by atoms with E-state index in [1.807, 2.05) is 31.2 Å². The summed E-state index contributed by atoms with van der Waals surface area (Å²) in [6.07, 6.45) is 1.66. The van der Waals surface area contributed by atoms with Crippen LogP contribution in [0.2, 0.25) is 0 Å². The van der Waals surface area contributed by atoms with Crippen LogP contribution in [-0.2, 0) is 6.54 Å². The summed E-state index contributed by atoms with van der Waals surface area (Å²) in [5.41, 5.74) is 2.01. The number of benzene rings is 2. The first kappa shape index (κ1) is 19.6. The zero-order valence-corrected chi connectivity index (χ0v) is 16.4. The van der Waals surface area contributed by atoms with Crippen LogP contribution in [0.1, 0.15) is 56.4 Å². The van der Waals surface area contributed by atoms with Crippen molar-refractivity contribution in [2.45, 2.75) is 26.3 Å². The highest BCUT2D eigenvalue weighted by molar-refractivity contribution is 6.22. The molecule has 0 bridgehead atoms. The van der Waals surface area contributed by atoms with Crippen molar-refractivity contribution in [3.63, 3.8) is 0 Å². The number of rotatable bonds is 7. The number of unbranched alkanes of at least 4 members (excludes halogenated alkanes) is 1. The highest BCUT2D eigenvalue weighted by Crippen LogP contribution is 2.25. The van der Waals surface area contributed by atoms with E-state index in [9.17, 15) is 14.4 Å². The van der Waals surface area contributed by atoms with E-state index in [1.165, 1.54) is 11.0 Å². The number of carbonyl (C=O) groups is 3. The summed E-state index contributed by atoms with van der Waals surface area (Å²) in [4.78, 5) is 40.7. The van der Waals surface area contributed by atoms with Crippen molar-refractivity contribution < 1.29 is 19.1 Å². The summed E-state index contributed by atoms with van der Waals surface area (Å²) >= 11 is 0. The summed E-state index contributed by atoms with van der Waals surface area (Å²) in [5.74, 6) is -0.0826. The molecule has 0 fully saturated rings. The fraction of sp³-hybridized carbons (Fsp3) is 0.318. The number of amides is 3. The monoisotopic (exact) mass is 380 g/mol. The number of imide groups is 1. The predicted octanol–water partition coefficient (Wildman–Crippen LogP) is 3.36. The molecular formula is C22H24N2O4. The normalized spacial score (nSPS) is 12.9. The molecule has 146 valence electrons. The van der Waals surface area contributed by atoms with Crippen LogP contribution in [-0.4, -0.2) is 48.2 Å². The van der Waals surface area contributed by atoms with Crippen molar-refractivity contribution in [3.8, 4) is 5.75 Å². The van der Waals surface area contributed by atoms with Crippen LogP contribution in [0, 0.1) is 0 Å². The molecule has 0 spiro atoms. The van der Waals surface area contributed by atoms with Gasteiger partial charge in [0.05, 0.1) is 18.2 Å². The Labute approximate surface area is 164 Å². The average molecular weight is 380 g/mol. The molecule has 0 saturated carbocycles. The van der Waals surface area contributed by atoms with Gasteiger partial charge in [0.25, 0.3) is 17.7 Å². The lowest BCUT2D eigenvalue weighted by molar-refractivity contribution is 0.0652. The Bertz CT molecular complexity index is 923. The fourth-order valence-electron chi connectivity index (χ4n) is 3.28. The number of ether oxygens (including phenoxy) is 1. The Hall–Kier alpha value is -3.15. The van der Waals surface area contributed by atoms with Crippen LogP contribution < -0.4 is 4.74 Å². The van der Waals surface area contributed by atoms with Gasteiger partial charge in [-0.2, -0.15) is 0 Å². The number of fused-ring (bicyclic) bond motifs is 1. The number of carbonyl (C=O) groups excluding carboxylic acids is 3. The molecule has 1 heterocycles. The maximum absolute atomic E-state index is 12.8. The average Bonchev–Trinajstić information content (AvgIpc) is 2.95. The van der Waals surface area contributed by atoms with E-state index in [0.29, 0.717) is 29.8 Å². The summed E-state index contributed by atoms with van der Waals surface area (Å²) < 4.78 is 5.21. The summed E-state index contributed by atoms with van der Waals surface area (Å²) in [6.45, 7) is 2.82. The first-order chi connectivity index (χ1) is 13.5. The van der Waals surface area contributed by atoms with Gasteiger partial charge in [-0.25, -0.2) is 0 Å². The lowest BCUT2D eigenvalue weighted by Crippen LogP contribution is -2.30. The van der Waals surface area contributed by atoms with Gasteiger partial charge in [0, 0.05) is 25.7 Å². The SMILES string of the molecule is CCCCN1C(=O)c2ccc(C(=O)N(C)Cc3cccc(OC)c3)cc2C1=O. The van der Waals surface area contributed by atoms with Crippen LogP contribution >= 0.6 is 0 Å². The second kappa shape index (κ2) is 8.25. The van der Waals surface area contributed by atoms with Gasteiger partial charge in [-0.1, -0.05) is 25.5 Å². The van der Waals surface area contributed by atoms with Crippen LogP contribution in [0.5, 0.6) is 5.75 Å². The molecule has 0 N–H and O–H groups in total. The first-order valence-corrected chi connectivity index (χ1v) is 9.35. The number of methoxy groups -OCH3 is 1. The van der Waals surface area contributed by atoms with E-state index in [0.717, 1.165) is 24.2 Å². The third-order valence-electron chi connectivity index (χ3n) is 4.85. The molecule has 0 unspecified atom stereocenters. The van der Waals surface area contributed by atoms with Crippen molar-refractivity contribution >= 4 is 17.7 Å². The Morgan fingerprint density at radius 3 is 2.54 bits per heavy atom. The third-order valence-corrected chi connectivity index (χ3v) is 4.85. The van der Waals surface area contributed by atoms with Gasteiger partial charge in [0.1, 0.15) is 5.75 Å². The van der Waals surface area contributed by atoms with Gasteiger partial charge >= 0.3 is 0 Å². The molecule has 0 atom stereocenters. The summed E-state index contributed by atoms with van der Waals surface area (Å²) in [6, 6.07) is 12.2. The second-order valence-corrected chi connectivity index (χ2v) is 6.89. The Kier molecular flexibility index (Phi) is 5.78. The first-order valence-electron chi connectivity index (χ1n) is 9.35. The minimum Gasteiger partial charge on any atom is -0.497 e. The smallest absolute Gasteiger partial charge is 0.261 e. The molecule has 6 heteroatoms. The Morgan fingerprint density at radius 2 is 1.82 bits per heavy atom. The summed E-state index contributed by atoms with van der Waals surface area (Å²) in [7, 11) is 3.30. The minimum absolute atomic E-state index is 0.210. The second-order valence-electron chi connectivity index (χ2n) is 6.89. The lowest BCUT2D eigenvalue weighted by Gasteiger charge is -2.18. The van der Waals surface area contributed by atoms with Crippen molar-refractivity contribution in [1.29, 1.82) is 0 Å². The van der Waals surface area contributed by atoms with Gasteiger partial charge < -0.3 is 9.64 Å². The molecular weight excluding hydrogens is 356 g/mol. The molecule has 3 amide bonds. The van der Waals surface area contributed by atoms with Crippen molar-refractivity contribution in [3.05, 3.63) is 64.7 Å². The number of nitrogens with zero attached hydrogens (tertiary/aromatic N) is 2. The molecule has 0 aromatic heterocycles. The number of hydrogen-bond acceptors (Lipinski definition) is 4. The molecule has 0 saturated heterocycles. The van der Waals surface area contributed by atoms with E-state index >= 15 is 0 Å². The van der Waals surface area contributed by atoms with E-state index in [4.69, 9.17) is 4.74 Å². The maximum Gasteiger partial charge on any atom is 0.261 e. The molecule has 1 aliphatic rings. The van der Waals surface area contributed by atoms with Crippen molar-refractivity contribution in [1.82, 2.24) is 9.80 Å². The summed E-state index contributed by atoms with van der Waals surface area (Å²) in [5, 5.41) is 0. The van der Waals surface area contributed by atoms with Gasteiger partial charge in [-0.15, -0.1) is 0 Å². The molecule has 28 heavy (non-hydrogen) atoms. The quantitative estimate of drug-likeness (QED) is 0.691. The molecule has 6 nitrogen and oxygen atoms in total. The lowest BCUT2D eigenvalue weighted by atomic mass is 10.0.